The summed E-state index contributed by atoms with van der Waals surface area (Å²) in [5.74, 6) is 1.99. The predicted octanol–water partition coefficient (Wildman–Crippen LogP) is 1.59. The maximum absolute atomic E-state index is 5.87. The molecule has 16 heavy (non-hydrogen) atoms. The Balaban J connectivity index is 2.46. The highest BCUT2D eigenvalue weighted by molar-refractivity contribution is 5.62. The largest absolute Gasteiger partial charge is 0.382 e. The number of aromatic nitrogens is 4. The first-order chi connectivity index (χ1) is 7.59. The van der Waals surface area contributed by atoms with E-state index in [1.807, 2.05) is 17.8 Å². The Labute approximate surface area is 94.7 Å². The van der Waals surface area contributed by atoms with Gasteiger partial charge in [-0.25, -0.2) is 4.98 Å². The molecular weight excluding hydrogens is 202 g/mol. The summed E-state index contributed by atoms with van der Waals surface area (Å²) in [5, 5.41) is 7.03. The Morgan fingerprint density at radius 1 is 1.50 bits per heavy atom. The van der Waals surface area contributed by atoms with Crippen LogP contribution in [-0.2, 0) is 13.5 Å². The standard InChI is InChI=1S/C11H17N5/c1-7(2)6-8-9(14-15-10(8)12)11-13-4-5-16(11)3/h4-5,7H,6H2,1-3H3,(H3,12,14,15). The Kier molecular flexibility index (Phi) is 2.68. The summed E-state index contributed by atoms with van der Waals surface area (Å²) in [5.41, 5.74) is 7.86. The van der Waals surface area contributed by atoms with Gasteiger partial charge in [0.25, 0.3) is 0 Å². The van der Waals surface area contributed by atoms with Gasteiger partial charge in [-0.3, -0.25) is 5.10 Å². The molecule has 5 nitrogen and oxygen atoms in total. The molecule has 0 saturated heterocycles. The maximum Gasteiger partial charge on any atom is 0.158 e. The van der Waals surface area contributed by atoms with Gasteiger partial charge in [-0.1, -0.05) is 13.8 Å². The van der Waals surface area contributed by atoms with Crippen LogP contribution in [0.15, 0.2) is 12.4 Å². The van der Waals surface area contributed by atoms with Crippen LogP contribution in [0, 0.1) is 5.92 Å². The summed E-state index contributed by atoms with van der Waals surface area (Å²) in [6.45, 7) is 4.32. The number of anilines is 1. The maximum atomic E-state index is 5.87. The first-order valence-corrected chi connectivity index (χ1v) is 5.40. The van der Waals surface area contributed by atoms with Crippen LogP contribution >= 0.6 is 0 Å². The normalized spacial score (nSPS) is 11.2. The SMILES string of the molecule is CC(C)Cc1c(N)n[nH]c1-c1nccn1C. The van der Waals surface area contributed by atoms with Crippen LogP contribution in [0.2, 0.25) is 0 Å². The quantitative estimate of drug-likeness (QED) is 0.823. The molecule has 0 aliphatic carbocycles. The monoisotopic (exact) mass is 219 g/mol. The molecule has 0 bridgehead atoms. The fraction of sp³-hybridized carbons (Fsp3) is 0.455. The van der Waals surface area contributed by atoms with E-state index in [1.165, 1.54) is 0 Å². The van der Waals surface area contributed by atoms with Gasteiger partial charge in [0.1, 0.15) is 11.5 Å². The Hall–Kier alpha value is -1.78. The minimum atomic E-state index is 0.541. The van der Waals surface area contributed by atoms with Crippen molar-refractivity contribution in [3.05, 3.63) is 18.0 Å². The third-order valence-corrected chi connectivity index (χ3v) is 2.56. The molecular formula is C11H17N5. The number of H-pyrrole nitrogens is 1. The number of nitrogens with one attached hydrogen (secondary N) is 1. The number of rotatable bonds is 3. The van der Waals surface area contributed by atoms with Crippen molar-refractivity contribution in [3.8, 4) is 11.5 Å². The molecule has 2 aromatic rings. The molecule has 0 spiro atoms. The number of hydrogen-bond donors (Lipinski definition) is 2. The predicted molar refractivity (Wildman–Crippen MR) is 63.7 cm³/mol. The van der Waals surface area contributed by atoms with Crippen LogP contribution in [0.1, 0.15) is 19.4 Å². The minimum absolute atomic E-state index is 0.541. The molecule has 0 amide bonds. The molecule has 0 aromatic carbocycles. The molecule has 86 valence electrons. The number of nitrogens with two attached hydrogens (primary N) is 1. The van der Waals surface area contributed by atoms with Gasteiger partial charge in [-0.15, -0.1) is 0 Å². The molecule has 0 radical (unpaired) electrons. The van der Waals surface area contributed by atoms with Crippen molar-refractivity contribution < 1.29 is 0 Å². The van der Waals surface area contributed by atoms with Crippen LogP contribution in [-0.4, -0.2) is 19.7 Å². The van der Waals surface area contributed by atoms with Gasteiger partial charge in [0.15, 0.2) is 5.82 Å². The topological polar surface area (TPSA) is 72.5 Å². The van der Waals surface area contributed by atoms with E-state index in [9.17, 15) is 0 Å². The van der Waals surface area contributed by atoms with E-state index >= 15 is 0 Å². The first-order valence-electron chi connectivity index (χ1n) is 5.40. The van der Waals surface area contributed by atoms with Crippen molar-refractivity contribution >= 4 is 5.82 Å². The van der Waals surface area contributed by atoms with Crippen LogP contribution in [0.25, 0.3) is 11.5 Å². The molecule has 3 N–H and O–H groups in total. The highest BCUT2D eigenvalue weighted by atomic mass is 15.2. The average Bonchev–Trinajstić information content (AvgIpc) is 2.75. The van der Waals surface area contributed by atoms with Gasteiger partial charge in [0.2, 0.25) is 0 Å². The van der Waals surface area contributed by atoms with Gasteiger partial charge in [-0.05, 0) is 12.3 Å². The average molecular weight is 219 g/mol. The Morgan fingerprint density at radius 2 is 2.25 bits per heavy atom. The number of nitrogens with zero attached hydrogens (tertiary/aromatic N) is 3. The molecule has 2 rings (SSSR count). The van der Waals surface area contributed by atoms with Crippen molar-refractivity contribution in [3.63, 3.8) is 0 Å². The van der Waals surface area contributed by atoms with Crippen molar-refractivity contribution in [2.75, 3.05) is 5.73 Å². The number of nitrogen functional groups attached to an aromatic ring is 1. The Bertz CT molecular complexity index is 480. The highest BCUT2D eigenvalue weighted by Gasteiger charge is 2.16. The molecule has 0 atom stereocenters. The number of imidazole rings is 1. The van der Waals surface area contributed by atoms with E-state index in [0.29, 0.717) is 11.7 Å². The highest BCUT2D eigenvalue weighted by Crippen LogP contribution is 2.25. The minimum Gasteiger partial charge on any atom is -0.382 e. The fourth-order valence-electron chi connectivity index (χ4n) is 1.79. The van der Waals surface area contributed by atoms with Gasteiger partial charge in [-0.2, -0.15) is 5.10 Å². The molecule has 0 aliphatic rings. The van der Waals surface area contributed by atoms with Crippen LogP contribution in [0.5, 0.6) is 0 Å². The fourth-order valence-corrected chi connectivity index (χ4v) is 1.79. The summed E-state index contributed by atoms with van der Waals surface area (Å²) in [7, 11) is 1.96. The first kappa shape index (κ1) is 10.7. The molecule has 5 heteroatoms. The van der Waals surface area contributed by atoms with Gasteiger partial charge >= 0.3 is 0 Å². The Morgan fingerprint density at radius 3 is 2.81 bits per heavy atom. The third kappa shape index (κ3) is 1.80. The van der Waals surface area contributed by atoms with Crippen molar-refractivity contribution in [2.24, 2.45) is 13.0 Å². The van der Waals surface area contributed by atoms with Gasteiger partial charge in [0.05, 0.1) is 0 Å². The summed E-state index contributed by atoms with van der Waals surface area (Å²) in [6, 6.07) is 0. The molecule has 0 saturated carbocycles. The van der Waals surface area contributed by atoms with Gasteiger partial charge in [0, 0.05) is 25.0 Å². The lowest BCUT2D eigenvalue weighted by molar-refractivity contribution is 0.649. The molecule has 2 heterocycles. The van der Waals surface area contributed by atoms with E-state index in [4.69, 9.17) is 5.73 Å². The lowest BCUT2D eigenvalue weighted by Crippen LogP contribution is -2.01. The molecule has 0 unspecified atom stereocenters. The molecule has 2 aromatic heterocycles. The van der Waals surface area contributed by atoms with Crippen molar-refractivity contribution in [1.29, 1.82) is 0 Å². The van der Waals surface area contributed by atoms with Crippen LogP contribution in [0.4, 0.5) is 5.82 Å². The lowest BCUT2D eigenvalue weighted by Gasteiger charge is -2.06. The number of aromatic amines is 1. The number of hydrogen-bond acceptors (Lipinski definition) is 3. The lowest BCUT2D eigenvalue weighted by atomic mass is 10.0. The second kappa shape index (κ2) is 4.00. The second-order valence-corrected chi connectivity index (χ2v) is 4.42. The summed E-state index contributed by atoms with van der Waals surface area (Å²) >= 11 is 0. The third-order valence-electron chi connectivity index (χ3n) is 2.56. The summed E-state index contributed by atoms with van der Waals surface area (Å²) in [4.78, 5) is 4.30. The van der Waals surface area contributed by atoms with E-state index in [-0.39, 0.29) is 0 Å². The van der Waals surface area contributed by atoms with Crippen LogP contribution in [0.3, 0.4) is 0 Å². The zero-order valence-corrected chi connectivity index (χ0v) is 9.86. The summed E-state index contributed by atoms with van der Waals surface area (Å²) in [6.07, 6.45) is 4.58. The van der Waals surface area contributed by atoms with E-state index < -0.39 is 0 Å². The molecule has 0 aliphatic heterocycles. The molecule has 0 fully saturated rings. The van der Waals surface area contributed by atoms with E-state index in [2.05, 4.69) is 29.0 Å². The van der Waals surface area contributed by atoms with E-state index in [1.54, 1.807) is 6.20 Å². The smallest absolute Gasteiger partial charge is 0.158 e. The van der Waals surface area contributed by atoms with E-state index in [0.717, 1.165) is 23.5 Å². The zero-order valence-electron chi connectivity index (χ0n) is 9.86. The second-order valence-electron chi connectivity index (χ2n) is 4.42. The summed E-state index contributed by atoms with van der Waals surface area (Å²) < 4.78 is 1.96. The van der Waals surface area contributed by atoms with Gasteiger partial charge < -0.3 is 10.3 Å². The number of aryl methyl sites for hydroxylation is 1. The van der Waals surface area contributed by atoms with Crippen molar-refractivity contribution in [1.82, 2.24) is 19.7 Å². The zero-order chi connectivity index (χ0) is 11.7. The van der Waals surface area contributed by atoms with Crippen molar-refractivity contribution in [2.45, 2.75) is 20.3 Å². The van der Waals surface area contributed by atoms with Crippen LogP contribution < -0.4 is 5.73 Å².